The van der Waals surface area contributed by atoms with Gasteiger partial charge in [-0.3, -0.25) is 29.3 Å². The van der Waals surface area contributed by atoms with E-state index in [2.05, 4.69) is 30.7 Å². The molecule has 6 aromatic rings. The molecule has 30 heteroatoms. The molecule has 432 valence electrons. The summed E-state index contributed by atoms with van der Waals surface area (Å²) in [5.74, 6) is -2.11. The number of nitrogens with zero attached hydrogens (tertiary/aromatic N) is 10. The number of benzene rings is 4. The van der Waals surface area contributed by atoms with Crippen molar-refractivity contribution < 1.29 is 67.6 Å². The Morgan fingerprint density at radius 2 is 0.850 bits per heavy atom. The number of non-ortho nitro benzene ring substituents is 2. The summed E-state index contributed by atoms with van der Waals surface area (Å²) in [6, 6.07) is 20.9. The van der Waals surface area contributed by atoms with Crippen LogP contribution >= 0.6 is 0 Å². The molecular weight excluding hydrogens is 1120 g/mol. The topological polar surface area (TPSA) is 433 Å². The van der Waals surface area contributed by atoms with E-state index in [4.69, 9.17) is 26.3 Å². The smallest absolute Gasteiger partial charge is 0.504 e. The molecule has 3 aliphatic carbocycles. The Balaban J connectivity index is 0.000000591. The van der Waals surface area contributed by atoms with Crippen LogP contribution in [0.3, 0.4) is 0 Å². The molecule has 0 unspecified atom stereocenters. The first-order chi connectivity index (χ1) is 37.4. The van der Waals surface area contributed by atoms with Gasteiger partial charge in [-0.2, -0.15) is 27.1 Å². The third-order valence-corrected chi connectivity index (χ3v) is 14.2. The van der Waals surface area contributed by atoms with E-state index in [0.29, 0.717) is 41.6 Å². The Morgan fingerprint density at radius 1 is 0.562 bits per heavy atom. The average Bonchev–Trinajstić information content (AvgIpc) is 4.05. The van der Waals surface area contributed by atoms with Crippen LogP contribution in [0.5, 0.6) is 11.5 Å². The second kappa shape index (κ2) is 30.4. The van der Waals surface area contributed by atoms with Crippen molar-refractivity contribution in [1.82, 2.24) is 19.6 Å². The van der Waals surface area contributed by atoms with Crippen LogP contribution in [0.15, 0.2) is 125 Å². The predicted molar refractivity (Wildman–Crippen MR) is 294 cm³/mol. The minimum atomic E-state index is -4.98. The van der Waals surface area contributed by atoms with E-state index >= 15 is 0 Å². The normalized spacial score (nSPS) is 15.2. The fourth-order valence-corrected chi connectivity index (χ4v) is 9.48. The maximum atomic E-state index is 12.5. The quantitative estimate of drug-likeness (QED) is 0.0221. The van der Waals surface area contributed by atoms with Gasteiger partial charge in [0.05, 0.1) is 21.2 Å². The number of aryl methyl sites for hydroxylation is 2. The van der Waals surface area contributed by atoms with E-state index in [0.717, 1.165) is 21.5 Å². The van der Waals surface area contributed by atoms with Gasteiger partial charge in [0, 0.05) is 59.8 Å². The molecule has 3 aliphatic rings. The molecule has 2 heterocycles. The molecular formula is C50H66CrN13O14S2+. The van der Waals surface area contributed by atoms with Crippen molar-refractivity contribution in [2.45, 2.75) is 138 Å². The van der Waals surface area contributed by atoms with Crippen LogP contribution in [0, 0.1) is 34.1 Å². The van der Waals surface area contributed by atoms with Crippen LogP contribution in [0.25, 0.3) is 11.4 Å². The third kappa shape index (κ3) is 18.9. The zero-order valence-electron chi connectivity index (χ0n) is 46.7. The van der Waals surface area contributed by atoms with E-state index < -0.39 is 85.2 Å². The van der Waals surface area contributed by atoms with Crippen LogP contribution in [0.1, 0.15) is 112 Å². The van der Waals surface area contributed by atoms with Crippen LogP contribution in [-0.2, 0) is 37.6 Å². The maximum absolute atomic E-state index is 12.5. The van der Waals surface area contributed by atoms with Crippen molar-refractivity contribution in [2.24, 2.45) is 37.7 Å². The molecule has 0 bridgehead atoms. The van der Waals surface area contributed by atoms with Gasteiger partial charge < -0.3 is 47.2 Å². The van der Waals surface area contributed by atoms with Crippen molar-refractivity contribution in [3.8, 4) is 22.9 Å². The van der Waals surface area contributed by atoms with Gasteiger partial charge in [0.1, 0.15) is 32.3 Å². The fourth-order valence-electron chi connectivity index (χ4n) is 8.24. The molecule has 0 amide bonds. The summed E-state index contributed by atoms with van der Waals surface area (Å²) in [6.07, 6.45) is 20.0. The predicted octanol–water partition coefficient (Wildman–Crippen LogP) is 9.24. The largest absolute Gasteiger partial charge is 1.00 e. The minimum Gasteiger partial charge on any atom is -0.504 e. The Morgan fingerprint density at radius 3 is 1.09 bits per heavy atom. The fraction of sp³-hybridized carbons (Fsp3) is 0.400. The molecule has 0 spiro atoms. The van der Waals surface area contributed by atoms with Gasteiger partial charge >= 0.3 is 4.28 Å². The monoisotopic (exact) mass is 1190 g/mol. The molecule has 80 heavy (non-hydrogen) atoms. The van der Waals surface area contributed by atoms with Gasteiger partial charge in [0.25, 0.3) is 31.6 Å². The second-order valence-electron chi connectivity index (χ2n) is 18.7. The van der Waals surface area contributed by atoms with E-state index in [9.17, 15) is 56.9 Å². The number of phenolic OH excluding ortho intramolecular Hbond substituents is 2. The zero-order chi connectivity index (χ0) is 58.0. The molecule has 4 aromatic carbocycles. The summed E-state index contributed by atoms with van der Waals surface area (Å²) in [4.78, 5) is 43.0. The summed E-state index contributed by atoms with van der Waals surface area (Å²) >= 11 is 0. The number of hydrogen-bond donors (Lipinski definition) is 7. The van der Waals surface area contributed by atoms with Gasteiger partial charge in [-0.25, -0.2) is 19.6 Å². The number of nitro groups is 2. The summed E-state index contributed by atoms with van der Waals surface area (Å²) in [5, 5.41) is 64.6. The number of aromatic hydroxyl groups is 2. The van der Waals surface area contributed by atoms with Crippen molar-refractivity contribution in [2.75, 3.05) is 0 Å². The van der Waals surface area contributed by atoms with Crippen molar-refractivity contribution in [3.63, 3.8) is 0 Å². The molecule has 2 aromatic heterocycles. The Bertz CT molecular complexity index is 3220. The van der Waals surface area contributed by atoms with Crippen molar-refractivity contribution in [3.05, 3.63) is 137 Å². The molecule has 0 saturated heterocycles. The summed E-state index contributed by atoms with van der Waals surface area (Å²) in [5.41, 5.74) is 13.7. The second-order valence-corrected chi connectivity index (χ2v) is 21.4. The molecule has 9 rings (SSSR count). The molecule has 0 atom stereocenters. The number of para-hydroxylation sites is 2. The number of phenols is 2. The van der Waals surface area contributed by atoms with Crippen LogP contribution in [-0.4, -0.2) is 83.7 Å². The molecule has 10 N–H and O–H groups in total. The average molecular weight is 1190 g/mol. The van der Waals surface area contributed by atoms with Gasteiger partial charge in [0.2, 0.25) is 0 Å². The van der Waals surface area contributed by atoms with Crippen molar-refractivity contribution in [1.29, 1.82) is 0 Å². The molecule has 27 nitrogen and oxygen atoms in total. The number of hydrogen-bond acceptors (Lipinski definition) is 21. The van der Waals surface area contributed by atoms with Crippen LogP contribution in [0.2, 0.25) is 0 Å². The molecule has 3 saturated carbocycles. The van der Waals surface area contributed by atoms with E-state index in [1.165, 1.54) is 110 Å². The van der Waals surface area contributed by atoms with Gasteiger partial charge in [-0.05, 0) is 62.8 Å². The summed E-state index contributed by atoms with van der Waals surface area (Å²) in [6.45, 7) is 2.96. The summed E-state index contributed by atoms with van der Waals surface area (Å²) in [7, 11) is -9.96. The van der Waals surface area contributed by atoms with Crippen LogP contribution in [0.4, 0.5) is 34.1 Å². The first kappa shape index (κ1) is 65.3. The molecule has 3 fully saturated rings. The van der Waals surface area contributed by atoms with Gasteiger partial charge in [0.15, 0.2) is 11.5 Å². The Hall–Kier alpha value is -7.27. The van der Waals surface area contributed by atoms with E-state index in [1.807, 2.05) is 0 Å². The Labute approximate surface area is 475 Å². The minimum absolute atomic E-state index is 0. The van der Waals surface area contributed by atoms with Crippen molar-refractivity contribution >= 4 is 54.4 Å². The molecule has 0 aliphatic heterocycles. The number of aromatic nitrogens is 4. The maximum Gasteiger partial charge on any atom is 1.00 e. The summed E-state index contributed by atoms with van der Waals surface area (Å²) < 4.78 is 65.9. The number of nitro benzene ring substituents is 2. The van der Waals surface area contributed by atoms with E-state index in [-0.39, 0.29) is 44.4 Å². The first-order valence-corrected chi connectivity index (χ1v) is 28.0. The first-order valence-electron chi connectivity index (χ1n) is 25.1. The van der Waals surface area contributed by atoms with Crippen LogP contribution < -0.4 is 28.3 Å². The SMILES string of the molecule is Cc1nn(-c2ccccc2)c(=O)[c-]1N=Nc1cc([N+](=O)[O-])cc(S(=O)(=O)O)c1O.Cc1nn(-c2ccccc2)c(=O)[c-]1N=Nc1cc([N+](=O)[O-])cc(S(=O)(=O)O)c1O.NC1CCCCC1.NC1CCCCC1.NC1CCCCC1.[Cr].[H+].[H+].[H+]. The standard InChI is InChI=1S/2C16H12N5O7S.3C6H13N.Cr/c2*1-9-14(16(23)20(19-9)10-5-3-2-4-6-10)18-17-12-7-11(21(24)25)8-13(15(12)22)29(26,27)28;3*7-6-4-2-1-3-5-6;/h2*2-8,22H,1H3,(H,26,27,28);3*6H,1-5,7H2;/q2*-1;;;;/p+3. The third-order valence-electron chi connectivity index (χ3n) is 12.5. The number of nitrogens with two attached hydrogens (primary N) is 3. The zero-order valence-corrected chi connectivity index (χ0v) is 46.6. The number of rotatable bonds is 10. The Kier molecular flexibility index (Phi) is 24.8. The van der Waals surface area contributed by atoms with Gasteiger partial charge in [-0.15, -0.1) is 11.4 Å². The molecule has 0 radical (unpaired) electrons. The van der Waals surface area contributed by atoms with Gasteiger partial charge in [-0.1, -0.05) is 119 Å². The van der Waals surface area contributed by atoms with E-state index in [1.54, 1.807) is 60.7 Å². The number of azo groups is 2.